The van der Waals surface area contributed by atoms with E-state index in [2.05, 4.69) is 20.7 Å². The van der Waals surface area contributed by atoms with E-state index in [9.17, 15) is 4.79 Å². The second kappa shape index (κ2) is 8.11. The van der Waals surface area contributed by atoms with Gasteiger partial charge in [-0.25, -0.2) is 10.1 Å². The Labute approximate surface area is 148 Å². The van der Waals surface area contributed by atoms with Crippen LogP contribution in [0.25, 0.3) is 11.4 Å². The van der Waals surface area contributed by atoms with Crippen LogP contribution in [0.15, 0.2) is 70.9 Å². The standard InChI is InChI=1S/C17H16N6OS/c18-23-16(14-9-5-2-6-10-14)21-22-17(23)25-12-15(24)20-19-11-13-7-3-1-4-8-13/h1-11H,12,18H2,(H,20,24)/b19-11+. The molecule has 0 saturated carbocycles. The summed E-state index contributed by atoms with van der Waals surface area (Å²) < 4.78 is 1.38. The molecule has 1 aromatic heterocycles. The van der Waals surface area contributed by atoms with Crippen molar-refractivity contribution in [2.24, 2.45) is 5.10 Å². The number of carbonyl (C=O) groups excluding carboxylic acids is 1. The lowest BCUT2D eigenvalue weighted by molar-refractivity contribution is -0.118. The minimum atomic E-state index is -0.249. The summed E-state index contributed by atoms with van der Waals surface area (Å²) >= 11 is 1.20. The molecular weight excluding hydrogens is 336 g/mol. The van der Waals surface area contributed by atoms with Crippen LogP contribution in [0.3, 0.4) is 0 Å². The van der Waals surface area contributed by atoms with Gasteiger partial charge >= 0.3 is 0 Å². The number of thioether (sulfide) groups is 1. The monoisotopic (exact) mass is 352 g/mol. The molecule has 0 radical (unpaired) electrons. The molecule has 0 atom stereocenters. The van der Waals surface area contributed by atoms with E-state index < -0.39 is 0 Å². The predicted octanol–water partition coefficient (Wildman–Crippen LogP) is 1.90. The highest BCUT2D eigenvalue weighted by Crippen LogP contribution is 2.20. The zero-order valence-corrected chi connectivity index (χ0v) is 14.1. The summed E-state index contributed by atoms with van der Waals surface area (Å²) in [6.45, 7) is 0. The largest absolute Gasteiger partial charge is 0.335 e. The predicted molar refractivity (Wildman–Crippen MR) is 98.5 cm³/mol. The van der Waals surface area contributed by atoms with Gasteiger partial charge in [0.05, 0.1) is 12.0 Å². The Morgan fingerprint density at radius 2 is 1.80 bits per heavy atom. The van der Waals surface area contributed by atoms with E-state index in [4.69, 9.17) is 5.84 Å². The van der Waals surface area contributed by atoms with E-state index in [1.54, 1.807) is 6.21 Å². The number of hydrazone groups is 1. The molecule has 0 aliphatic rings. The molecule has 0 saturated heterocycles. The van der Waals surface area contributed by atoms with Crippen molar-refractivity contribution in [3.8, 4) is 11.4 Å². The van der Waals surface area contributed by atoms with Crippen LogP contribution in [0.2, 0.25) is 0 Å². The third-order valence-electron chi connectivity index (χ3n) is 3.23. The van der Waals surface area contributed by atoms with Crippen molar-refractivity contribution in [2.45, 2.75) is 5.16 Å². The summed E-state index contributed by atoms with van der Waals surface area (Å²) in [5.41, 5.74) is 4.24. The normalized spacial score (nSPS) is 10.9. The smallest absolute Gasteiger partial charge is 0.250 e. The van der Waals surface area contributed by atoms with Gasteiger partial charge in [0, 0.05) is 5.56 Å². The van der Waals surface area contributed by atoms with Gasteiger partial charge < -0.3 is 5.84 Å². The molecule has 25 heavy (non-hydrogen) atoms. The Balaban J connectivity index is 1.54. The fourth-order valence-electron chi connectivity index (χ4n) is 2.04. The number of rotatable bonds is 6. The molecule has 1 amide bonds. The number of nitrogens with two attached hydrogens (primary N) is 1. The quantitative estimate of drug-likeness (QED) is 0.306. The molecule has 0 aliphatic heterocycles. The van der Waals surface area contributed by atoms with E-state index in [-0.39, 0.29) is 11.7 Å². The van der Waals surface area contributed by atoms with Crippen LogP contribution in [0, 0.1) is 0 Å². The van der Waals surface area contributed by atoms with Crippen LogP contribution >= 0.6 is 11.8 Å². The molecular formula is C17H16N6OS. The topological polar surface area (TPSA) is 98.2 Å². The van der Waals surface area contributed by atoms with Gasteiger partial charge in [0.15, 0.2) is 5.82 Å². The maximum atomic E-state index is 11.9. The molecule has 0 spiro atoms. The molecule has 0 fully saturated rings. The number of hydrogen-bond acceptors (Lipinski definition) is 6. The van der Waals surface area contributed by atoms with Crippen molar-refractivity contribution in [3.05, 3.63) is 66.2 Å². The maximum absolute atomic E-state index is 11.9. The molecule has 3 rings (SSSR count). The van der Waals surface area contributed by atoms with Crippen molar-refractivity contribution in [2.75, 3.05) is 11.6 Å². The van der Waals surface area contributed by atoms with Crippen LogP contribution in [0.1, 0.15) is 5.56 Å². The highest BCUT2D eigenvalue weighted by atomic mass is 32.2. The molecule has 0 unspecified atom stereocenters. The summed E-state index contributed by atoms with van der Waals surface area (Å²) in [6, 6.07) is 19.0. The Morgan fingerprint density at radius 3 is 2.52 bits per heavy atom. The SMILES string of the molecule is Nn1c(SCC(=O)N/N=C/c2ccccc2)nnc1-c1ccccc1. The van der Waals surface area contributed by atoms with Gasteiger partial charge in [-0.15, -0.1) is 10.2 Å². The van der Waals surface area contributed by atoms with Gasteiger partial charge in [0.2, 0.25) is 5.16 Å². The zero-order chi connectivity index (χ0) is 17.5. The Morgan fingerprint density at radius 1 is 1.12 bits per heavy atom. The lowest BCUT2D eigenvalue weighted by Gasteiger charge is -2.03. The molecule has 7 nitrogen and oxygen atoms in total. The van der Waals surface area contributed by atoms with Gasteiger partial charge in [-0.05, 0) is 5.56 Å². The first-order valence-corrected chi connectivity index (χ1v) is 8.48. The first-order chi connectivity index (χ1) is 12.2. The first kappa shape index (κ1) is 16.7. The fourth-order valence-corrected chi connectivity index (χ4v) is 2.69. The van der Waals surface area contributed by atoms with E-state index in [0.717, 1.165) is 11.1 Å². The summed E-state index contributed by atoms with van der Waals surface area (Å²) in [7, 11) is 0. The van der Waals surface area contributed by atoms with E-state index >= 15 is 0 Å². The fraction of sp³-hybridized carbons (Fsp3) is 0.0588. The van der Waals surface area contributed by atoms with Crippen molar-refractivity contribution in [1.82, 2.24) is 20.3 Å². The molecule has 3 aromatic rings. The maximum Gasteiger partial charge on any atom is 0.250 e. The van der Waals surface area contributed by atoms with E-state index in [0.29, 0.717) is 11.0 Å². The summed E-state index contributed by atoms with van der Waals surface area (Å²) in [5.74, 6) is 6.44. The minimum Gasteiger partial charge on any atom is -0.335 e. The molecule has 2 aromatic carbocycles. The Bertz CT molecular complexity index is 863. The van der Waals surface area contributed by atoms with Crippen molar-refractivity contribution in [3.63, 3.8) is 0 Å². The first-order valence-electron chi connectivity index (χ1n) is 7.49. The van der Waals surface area contributed by atoms with E-state index in [1.165, 1.54) is 16.4 Å². The van der Waals surface area contributed by atoms with Crippen LogP contribution in [-0.2, 0) is 4.79 Å². The van der Waals surface area contributed by atoms with Gasteiger partial charge in [0.1, 0.15) is 0 Å². The number of amides is 1. The van der Waals surface area contributed by atoms with Gasteiger partial charge in [-0.2, -0.15) is 5.10 Å². The number of nitrogen functional groups attached to an aromatic ring is 1. The summed E-state index contributed by atoms with van der Waals surface area (Å²) in [6.07, 6.45) is 1.58. The average molecular weight is 352 g/mol. The second-order valence-corrected chi connectivity index (χ2v) is 5.98. The highest BCUT2D eigenvalue weighted by molar-refractivity contribution is 7.99. The number of benzene rings is 2. The molecule has 8 heteroatoms. The molecule has 0 aliphatic carbocycles. The number of nitrogens with one attached hydrogen (secondary N) is 1. The van der Waals surface area contributed by atoms with Crippen LogP contribution in [0.5, 0.6) is 0 Å². The third-order valence-corrected chi connectivity index (χ3v) is 4.17. The van der Waals surface area contributed by atoms with Gasteiger partial charge in [0.25, 0.3) is 5.91 Å². The lowest BCUT2D eigenvalue weighted by Crippen LogP contribution is -2.20. The molecule has 0 bridgehead atoms. The Kier molecular flexibility index (Phi) is 5.43. The lowest BCUT2D eigenvalue weighted by atomic mass is 10.2. The second-order valence-electron chi connectivity index (χ2n) is 5.03. The minimum absolute atomic E-state index is 0.135. The zero-order valence-electron chi connectivity index (χ0n) is 13.2. The third kappa shape index (κ3) is 4.45. The number of carbonyl (C=O) groups is 1. The summed E-state index contributed by atoms with van der Waals surface area (Å²) in [4.78, 5) is 11.9. The molecule has 126 valence electrons. The van der Waals surface area contributed by atoms with Crippen molar-refractivity contribution >= 4 is 23.9 Å². The molecule has 3 N–H and O–H groups in total. The Hall–Kier alpha value is -3.13. The van der Waals surface area contributed by atoms with Gasteiger partial charge in [-0.3, -0.25) is 4.79 Å². The van der Waals surface area contributed by atoms with Crippen LogP contribution < -0.4 is 11.3 Å². The summed E-state index contributed by atoms with van der Waals surface area (Å²) in [5, 5.41) is 12.5. The van der Waals surface area contributed by atoms with Crippen molar-refractivity contribution < 1.29 is 4.79 Å². The van der Waals surface area contributed by atoms with Crippen LogP contribution in [0.4, 0.5) is 0 Å². The molecule has 1 heterocycles. The average Bonchev–Trinajstić information content (AvgIpc) is 3.02. The number of hydrogen-bond donors (Lipinski definition) is 2. The van der Waals surface area contributed by atoms with Crippen molar-refractivity contribution in [1.29, 1.82) is 0 Å². The number of aromatic nitrogens is 3. The number of nitrogens with zero attached hydrogens (tertiary/aromatic N) is 4. The van der Waals surface area contributed by atoms with Gasteiger partial charge in [-0.1, -0.05) is 72.4 Å². The van der Waals surface area contributed by atoms with Crippen LogP contribution in [-0.4, -0.2) is 32.7 Å². The highest BCUT2D eigenvalue weighted by Gasteiger charge is 2.13. The van der Waals surface area contributed by atoms with E-state index in [1.807, 2.05) is 60.7 Å².